The van der Waals surface area contributed by atoms with Gasteiger partial charge in [0.25, 0.3) is 0 Å². The number of benzene rings is 1. The lowest BCUT2D eigenvalue weighted by molar-refractivity contribution is 0.0698. The van der Waals surface area contributed by atoms with E-state index in [-0.39, 0.29) is 16.6 Å². The second-order valence-corrected chi connectivity index (χ2v) is 3.65. The molecule has 1 rings (SSSR count). The maximum absolute atomic E-state index is 11.0. The predicted octanol–water partition coefficient (Wildman–Crippen LogP) is 2.86. The summed E-state index contributed by atoms with van der Waals surface area (Å²) >= 11 is 5.82. The van der Waals surface area contributed by atoms with Gasteiger partial charge in [0.2, 0.25) is 0 Å². The Bertz CT molecular complexity index is 437. The number of carboxylic acid groups (broad SMARTS) is 1. The van der Waals surface area contributed by atoms with E-state index in [2.05, 4.69) is 11.2 Å². The maximum Gasteiger partial charge on any atom is 0.339 e. The van der Waals surface area contributed by atoms with Gasteiger partial charge < -0.3 is 10.4 Å². The molecule has 0 heterocycles. The molecule has 0 bridgehead atoms. The summed E-state index contributed by atoms with van der Waals surface area (Å²) in [5.74, 6) is 1.47. The molecule has 2 N–H and O–H groups in total. The summed E-state index contributed by atoms with van der Waals surface area (Å²) in [5.41, 5.74) is 0.502. The highest BCUT2D eigenvalue weighted by molar-refractivity contribution is 6.34. The van der Waals surface area contributed by atoms with Crippen LogP contribution in [0.4, 0.5) is 5.69 Å². The third-order valence-electron chi connectivity index (χ3n) is 2.17. The minimum absolute atomic E-state index is 0.0536. The summed E-state index contributed by atoms with van der Waals surface area (Å²) in [6.45, 7) is 1.92. The number of carbonyl (C=O) groups is 1. The van der Waals surface area contributed by atoms with E-state index in [0.717, 1.165) is 0 Å². The molecule has 0 radical (unpaired) electrons. The fraction of sp³-hybridized carbons (Fsp3) is 0.250. The zero-order valence-electron chi connectivity index (χ0n) is 8.83. The number of terminal acetylenes is 1. The van der Waals surface area contributed by atoms with E-state index in [4.69, 9.17) is 23.1 Å². The minimum atomic E-state index is -1.07. The number of hydrogen-bond acceptors (Lipinski definition) is 2. The van der Waals surface area contributed by atoms with Gasteiger partial charge in [-0.25, -0.2) is 4.79 Å². The molecular formula is C12H12ClNO2. The van der Waals surface area contributed by atoms with E-state index in [9.17, 15) is 4.79 Å². The SMILES string of the molecule is C#CC(CC)Nc1cccc(Cl)c1C(=O)O. The van der Waals surface area contributed by atoms with Crippen LogP contribution in [-0.2, 0) is 0 Å². The third-order valence-corrected chi connectivity index (χ3v) is 2.48. The van der Waals surface area contributed by atoms with Crippen LogP contribution in [0.5, 0.6) is 0 Å². The van der Waals surface area contributed by atoms with Gasteiger partial charge in [-0.15, -0.1) is 6.42 Å². The molecule has 0 aromatic heterocycles. The zero-order valence-corrected chi connectivity index (χ0v) is 9.58. The van der Waals surface area contributed by atoms with Crippen molar-refractivity contribution in [2.45, 2.75) is 19.4 Å². The van der Waals surface area contributed by atoms with Crippen LogP contribution < -0.4 is 5.32 Å². The van der Waals surface area contributed by atoms with Gasteiger partial charge in [0.05, 0.1) is 16.8 Å². The first-order chi connectivity index (χ1) is 7.60. The maximum atomic E-state index is 11.0. The van der Waals surface area contributed by atoms with E-state index in [1.54, 1.807) is 12.1 Å². The Balaban J connectivity index is 3.09. The smallest absolute Gasteiger partial charge is 0.339 e. The lowest BCUT2D eigenvalue weighted by Gasteiger charge is -2.14. The van der Waals surface area contributed by atoms with Crippen molar-refractivity contribution < 1.29 is 9.90 Å². The fourth-order valence-corrected chi connectivity index (χ4v) is 1.57. The van der Waals surface area contributed by atoms with Crippen LogP contribution in [0.15, 0.2) is 18.2 Å². The van der Waals surface area contributed by atoms with Crippen LogP contribution in [0.25, 0.3) is 0 Å². The highest BCUT2D eigenvalue weighted by Crippen LogP contribution is 2.25. The molecule has 1 aromatic carbocycles. The van der Waals surface area contributed by atoms with Crippen LogP contribution in [0, 0.1) is 12.3 Å². The molecule has 1 unspecified atom stereocenters. The first-order valence-electron chi connectivity index (χ1n) is 4.84. The quantitative estimate of drug-likeness (QED) is 0.792. The summed E-state index contributed by atoms with van der Waals surface area (Å²) in [4.78, 5) is 11.0. The Hall–Kier alpha value is -1.66. The van der Waals surface area contributed by atoms with Crippen LogP contribution in [0.2, 0.25) is 5.02 Å². The molecule has 0 spiro atoms. The average Bonchev–Trinajstić information content (AvgIpc) is 2.25. The number of nitrogens with one attached hydrogen (secondary N) is 1. The molecule has 0 saturated carbocycles. The molecule has 0 saturated heterocycles. The zero-order chi connectivity index (χ0) is 12.1. The highest BCUT2D eigenvalue weighted by atomic mass is 35.5. The Morgan fingerprint density at radius 1 is 1.69 bits per heavy atom. The van der Waals surface area contributed by atoms with Crippen molar-refractivity contribution >= 4 is 23.3 Å². The summed E-state index contributed by atoms with van der Waals surface area (Å²) in [6, 6.07) is 4.67. The highest BCUT2D eigenvalue weighted by Gasteiger charge is 2.15. The van der Waals surface area contributed by atoms with Gasteiger partial charge in [-0.2, -0.15) is 0 Å². The molecule has 3 nitrogen and oxygen atoms in total. The molecule has 0 aliphatic heterocycles. The van der Waals surface area contributed by atoms with Gasteiger partial charge in [-0.05, 0) is 18.6 Å². The van der Waals surface area contributed by atoms with Crippen molar-refractivity contribution in [1.82, 2.24) is 0 Å². The summed E-state index contributed by atoms with van der Waals surface area (Å²) in [6.07, 6.45) is 6.01. The van der Waals surface area contributed by atoms with Gasteiger partial charge in [-0.3, -0.25) is 0 Å². The molecule has 0 amide bonds. The molecular weight excluding hydrogens is 226 g/mol. The molecule has 4 heteroatoms. The number of aromatic carboxylic acids is 1. The summed E-state index contributed by atoms with van der Waals surface area (Å²) in [5, 5.41) is 12.2. The lowest BCUT2D eigenvalue weighted by Crippen LogP contribution is -2.18. The van der Waals surface area contributed by atoms with Crippen LogP contribution in [-0.4, -0.2) is 17.1 Å². The van der Waals surface area contributed by atoms with Gasteiger partial charge in [0, 0.05) is 0 Å². The molecule has 84 valence electrons. The Morgan fingerprint density at radius 2 is 2.38 bits per heavy atom. The normalized spacial score (nSPS) is 11.6. The van der Waals surface area contributed by atoms with Crippen molar-refractivity contribution in [2.75, 3.05) is 5.32 Å². The molecule has 1 atom stereocenters. The Kier molecular flexibility index (Phi) is 4.21. The molecule has 0 aliphatic carbocycles. The first-order valence-corrected chi connectivity index (χ1v) is 5.22. The largest absolute Gasteiger partial charge is 0.478 e. The second-order valence-electron chi connectivity index (χ2n) is 3.24. The molecule has 1 aromatic rings. The lowest BCUT2D eigenvalue weighted by atomic mass is 10.1. The van der Waals surface area contributed by atoms with Gasteiger partial charge in [0.15, 0.2) is 0 Å². The van der Waals surface area contributed by atoms with Gasteiger partial charge in [-0.1, -0.05) is 30.5 Å². The number of carboxylic acids is 1. The molecule has 0 fully saturated rings. The summed E-state index contributed by atoms with van der Waals surface area (Å²) in [7, 11) is 0. The molecule has 0 aliphatic rings. The van der Waals surface area contributed by atoms with Gasteiger partial charge >= 0.3 is 5.97 Å². The van der Waals surface area contributed by atoms with E-state index >= 15 is 0 Å². The Morgan fingerprint density at radius 3 is 2.88 bits per heavy atom. The number of halogens is 1. The topological polar surface area (TPSA) is 49.3 Å². The molecule has 16 heavy (non-hydrogen) atoms. The van der Waals surface area contributed by atoms with E-state index in [0.29, 0.717) is 12.1 Å². The average molecular weight is 238 g/mol. The first kappa shape index (κ1) is 12.4. The second kappa shape index (κ2) is 5.43. The summed E-state index contributed by atoms with van der Waals surface area (Å²) < 4.78 is 0. The number of hydrogen-bond donors (Lipinski definition) is 2. The van der Waals surface area contributed by atoms with Gasteiger partial charge in [0.1, 0.15) is 5.56 Å². The number of anilines is 1. The predicted molar refractivity (Wildman–Crippen MR) is 64.9 cm³/mol. The van der Waals surface area contributed by atoms with Crippen molar-refractivity contribution in [1.29, 1.82) is 0 Å². The number of rotatable bonds is 4. The van der Waals surface area contributed by atoms with E-state index in [1.807, 2.05) is 6.92 Å². The van der Waals surface area contributed by atoms with Crippen molar-refractivity contribution in [3.05, 3.63) is 28.8 Å². The van der Waals surface area contributed by atoms with Crippen LogP contribution in [0.3, 0.4) is 0 Å². The van der Waals surface area contributed by atoms with Crippen molar-refractivity contribution in [3.8, 4) is 12.3 Å². The van der Waals surface area contributed by atoms with Crippen molar-refractivity contribution in [3.63, 3.8) is 0 Å². The minimum Gasteiger partial charge on any atom is -0.478 e. The van der Waals surface area contributed by atoms with Crippen molar-refractivity contribution in [2.24, 2.45) is 0 Å². The standard InChI is InChI=1S/C12H12ClNO2/c1-3-8(4-2)14-10-7-5-6-9(13)11(10)12(15)16/h1,5-8,14H,4H2,2H3,(H,15,16). The Labute approximate surface area is 99.4 Å². The van der Waals surface area contributed by atoms with Crippen LogP contribution in [0.1, 0.15) is 23.7 Å². The fourth-order valence-electron chi connectivity index (χ4n) is 1.31. The van der Waals surface area contributed by atoms with E-state index in [1.165, 1.54) is 6.07 Å². The van der Waals surface area contributed by atoms with E-state index < -0.39 is 5.97 Å². The monoisotopic (exact) mass is 237 g/mol. The van der Waals surface area contributed by atoms with Crippen LogP contribution >= 0.6 is 11.6 Å². The third kappa shape index (κ3) is 2.68.